The lowest BCUT2D eigenvalue weighted by Crippen LogP contribution is -2.24. The molecule has 1 radical (unpaired) electrons. The molecule has 0 saturated carbocycles. The summed E-state index contributed by atoms with van der Waals surface area (Å²) in [7, 11) is 0. The molecule has 0 aromatic heterocycles. The van der Waals surface area contributed by atoms with Gasteiger partial charge in [0.05, 0.1) is 6.07 Å². The van der Waals surface area contributed by atoms with Crippen molar-refractivity contribution < 1.29 is 0 Å². The number of nitriles is 1. The lowest BCUT2D eigenvalue weighted by atomic mass is 10.1. The average molecular weight is 165 g/mol. The van der Waals surface area contributed by atoms with Gasteiger partial charge in [0.25, 0.3) is 0 Å². The van der Waals surface area contributed by atoms with E-state index < -0.39 is 0 Å². The predicted molar refractivity (Wildman–Crippen MR) is 49.4 cm³/mol. The van der Waals surface area contributed by atoms with Crippen molar-refractivity contribution in [2.75, 3.05) is 19.6 Å². The standard InChI is InChI=1S/C10H17N2/c1-9(2)7-12-6-4-10(8-12)3-5-11/h10H,3-4,6-8H2,1-2H3/t10-/m0/s1. The normalized spacial score (nSPS) is 24.7. The van der Waals surface area contributed by atoms with Crippen LogP contribution in [0.4, 0.5) is 0 Å². The zero-order valence-corrected chi connectivity index (χ0v) is 8.01. The second-order valence-electron chi connectivity index (χ2n) is 3.96. The van der Waals surface area contributed by atoms with Crippen molar-refractivity contribution in [1.82, 2.24) is 4.90 Å². The summed E-state index contributed by atoms with van der Waals surface area (Å²) in [6.45, 7) is 7.74. The van der Waals surface area contributed by atoms with Crippen molar-refractivity contribution in [3.63, 3.8) is 0 Å². The van der Waals surface area contributed by atoms with Crippen LogP contribution in [0, 0.1) is 23.2 Å². The van der Waals surface area contributed by atoms with Crippen molar-refractivity contribution in [3.8, 4) is 6.07 Å². The Labute approximate surface area is 75.2 Å². The maximum Gasteiger partial charge on any atom is 0.0625 e. The third-order valence-electron chi connectivity index (χ3n) is 2.29. The molecule has 1 rings (SSSR count). The summed E-state index contributed by atoms with van der Waals surface area (Å²) in [6, 6.07) is 2.25. The van der Waals surface area contributed by atoms with Crippen molar-refractivity contribution in [2.24, 2.45) is 5.92 Å². The van der Waals surface area contributed by atoms with Gasteiger partial charge >= 0.3 is 0 Å². The minimum absolute atomic E-state index is 0.634. The van der Waals surface area contributed by atoms with E-state index in [9.17, 15) is 0 Å². The summed E-state index contributed by atoms with van der Waals surface area (Å²) in [5, 5.41) is 8.52. The van der Waals surface area contributed by atoms with Crippen LogP contribution in [0.25, 0.3) is 0 Å². The maximum atomic E-state index is 8.52. The molecule has 0 unspecified atom stereocenters. The Kier molecular flexibility index (Phi) is 3.55. The predicted octanol–water partition coefficient (Wildman–Crippen LogP) is 1.84. The molecule has 0 aromatic rings. The van der Waals surface area contributed by atoms with Crippen molar-refractivity contribution in [2.45, 2.75) is 26.7 Å². The summed E-state index contributed by atoms with van der Waals surface area (Å²) in [4.78, 5) is 2.44. The Balaban J connectivity index is 2.22. The van der Waals surface area contributed by atoms with E-state index in [0.29, 0.717) is 5.92 Å². The summed E-state index contributed by atoms with van der Waals surface area (Å²) in [5.41, 5.74) is 0. The van der Waals surface area contributed by atoms with E-state index in [1.807, 2.05) is 0 Å². The van der Waals surface area contributed by atoms with Crippen LogP contribution in [0.5, 0.6) is 0 Å². The van der Waals surface area contributed by atoms with Gasteiger partial charge in [-0.1, -0.05) is 13.8 Å². The molecule has 1 fully saturated rings. The van der Waals surface area contributed by atoms with Gasteiger partial charge in [-0.3, -0.25) is 0 Å². The van der Waals surface area contributed by atoms with Crippen LogP contribution in [0.1, 0.15) is 26.7 Å². The van der Waals surface area contributed by atoms with Gasteiger partial charge in [0.2, 0.25) is 0 Å². The summed E-state index contributed by atoms with van der Waals surface area (Å²) in [6.07, 6.45) is 1.94. The second kappa shape index (κ2) is 4.47. The van der Waals surface area contributed by atoms with Gasteiger partial charge in [-0.2, -0.15) is 5.26 Å². The van der Waals surface area contributed by atoms with Gasteiger partial charge in [0.15, 0.2) is 0 Å². The van der Waals surface area contributed by atoms with Gasteiger partial charge in [-0.05, 0) is 24.8 Å². The fourth-order valence-corrected chi connectivity index (χ4v) is 1.80. The smallest absolute Gasteiger partial charge is 0.0625 e. The molecular weight excluding hydrogens is 148 g/mol. The van der Waals surface area contributed by atoms with Crippen LogP contribution in [0.3, 0.4) is 0 Å². The molecule has 2 nitrogen and oxygen atoms in total. The Morgan fingerprint density at radius 3 is 2.92 bits per heavy atom. The third kappa shape index (κ3) is 2.83. The Morgan fingerprint density at radius 2 is 2.33 bits per heavy atom. The fraction of sp³-hybridized carbons (Fsp3) is 0.800. The number of likely N-dealkylation sites (tertiary alicyclic amines) is 1. The molecule has 12 heavy (non-hydrogen) atoms. The van der Waals surface area contributed by atoms with Gasteiger partial charge < -0.3 is 4.90 Å². The number of nitrogens with zero attached hydrogens (tertiary/aromatic N) is 2. The van der Waals surface area contributed by atoms with Gasteiger partial charge in [0, 0.05) is 19.5 Å². The Bertz CT molecular complexity index is 169. The first-order valence-corrected chi connectivity index (χ1v) is 4.60. The number of hydrogen-bond donors (Lipinski definition) is 0. The molecule has 0 amide bonds. The second-order valence-corrected chi connectivity index (χ2v) is 3.96. The summed E-state index contributed by atoms with van der Waals surface area (Å²) < 4.78 is 0. The van der Waals surface area contributed by atoms with E-state index in [1.165, 1.54) is 18.9 Å². The van der Waals surface area contributed by atoms with Crippen molar-refractivity contribution in [3.05, 3.63) is 5.92 Å². The van der Waals surface area contributed by atoms with Gasteiger partial charge in [-0.25, -0.2) is 0 Å². The molecule has 0 bridgehead atoms. The van der Waals surface area contributed by atoms with Crippen LogP contribution in [-0.2, 0) is 0 Å². The van der Waals surface area contributed by atoms with Crippen molar-refractivity contribution in [1.29, 1.82) is 5.26 Å². The van der Waals surface area contributed by atoms with Crippen LogP contribution in [0.15, 0.2) is 0 Å². The first-order valence-electron chi connectivity index (χ1n) is 4.60. The monoisotopic (exact) mass is 165 g/mol. The molecule has 0 N–H and O–H groups in total. The first-order chi connectivity index (χ1) is 5.72. The number of hydrogen-bond acceptors (Lipinski definition) is 2. The van der Waals surface area contributed by atoms with Crippen LogP contribution in [-0.4, -0.2) is 24.5 Å². The highest BCUT2D eigenvalue weighted by Crippen LogP contribution is 2.19. The van der Waals surface area contributed by atoms with Crippen molar-refractivity contribution >= 4 is 0 Å². The van der Waals surface area contributed by atoms with Crippen LogP contribution < -0.4 is 0 Å². The van der Waals surface area contributed by atoms with Crippen LogP contribution in [0.2, 0.25) is 0 Å². The summed E-state index contributed by atoms with van der Waals surface area (Å²) >= 11 is 0. The van der Waals surface area contributed by atoms with E-state index in [0.717, 1.165) is 19.5 Å². The van der Waals surface area contributed by atoms with E-state index in [4.69, 9.17) is 5.26 Å². The average Bonchev–Trinajstić information content (AvgIpc) is 2.36. The zero-order valence-electron chi connectivity index (χ0n) is 8.01. The molecule has 0 spiro atoms. The van der Waals surface area contributed by atoms with Crippen LogP contribution >= 0.6 is 0 Å². The SMILES string of the molecule is C[C](C)CN1CC[C@H](CC#N)C1. The molecule has 2 heteroatoms. The minimum Gasteiger partial charge on any atom is -0.302 e. The molecule has 0 aliphatic carbocycles. The summed E-state index contributed by atoms with van der Waals surface area (Å²) in [5.74, 6) is 2.10. The van der Waals surface area contributed by atoms with E-state index in [-0.39, 0.29) is 0 Å². The lowest BCUT2D eigenvalue weighted by Gasteiger charge is -2.17. The van der Waals surface area contributed by atoms with E-state index >= 15 is 0 Å². The highest BCUT2D eigenvalue weighted by Gasteiger charge is 2.22. The Morgan fingerprint density at radius 1 is 1.58 bits per heavy atom. The molecule has 67 valence electrons. The zero-order chi connectivity index (χ0) is 8.97. The fourth-order valence-electron chi connectivity index (χ4n) is 1.80. The topological polar surface area (TPSA) is 27.0 Å². The largest absolute Gasteiger partial charge is 0.302 e. The molecule has 1 heterocycles. The quantitative estimate of drug-likeness (QED) is 0.638. The molecule has 1 saturated heterocycles. The molecule has 0 aromatic carbocycles. The van der Waals surface area contributed by atoms with Gasteiger partial charge in [0.1, 0.15) is 0 Å². The third-order valence-corrected chi connectivity index (χ3v) is 2.29. The highest BCUT2D eigenvalue weighted by molar-refractivity contribution is 4.88. The van der Waals surface area contributed by atoms with E-state index in [2.05, 4.69) is 24.8 Å². The van der Waals surface area contributed by atoms with Gasteiger partial charge in [-0.15, -0.1) is 0 Å². The first kappa shape index (κ1) is 9.54. The maximum absolute atomic E-state index is 8.52. The lowest BCUT2D eigenvalue weighted by molar-refractivity contribution is 0.337. The highest BCUT2D eigenvalue weighted by atomic mass is 15.1. The van der Waals surface area contributed by atoms with E-state index in [1.54, 1.807) is 0 Å². The Hall–Kier alpha value is -0.550. The minimum atomic E-state index is 0.634. The number of rotatable bonds is 3. The molecule has 1 aliphatic rings. The molecule has 1 atom stereocenters. The molecular formula is C10H17N2. The molecule has 1 aliphatic heterocycles.